The van der Waals surface area contributed by atoms with E-state index in [4.69, 9.17) is 4.98 Å². The summed E-state index contributed by atoms with van der Waals surface area (Å²) >= 11 is 1.73. The highest BCUT2D eigenvalue weighted by atomic mass is 32.1. The number of nitrogens with zero attached hydrogens (tertiary/aromatic N) is 1. The monoisotopic (exact) mass is 274 g/mol. The first kappa shape index (κ1) is 14.1. The Labute approximate surface area is 119 Å². The molecule has 2 rings (SSSR count). The fraction of sp³-hybridized carbons (Fsp3) is 0.438. The Kier molecular flexibility index (Phi) is 3.95. The zero-order valence-corrected chi connectivity index (χ0v) is 13.2. The molecule has 0 atom stereocenters. The lowest BCUT2D eigenvalue weighted by molar-refractivity contribution is 0.571. The summed E-state index contributed by atoms with van der Waals surface area (Å²) in [5, 5.41) is 6.78. The van der Waals surface area contributed by atoms with Crippen LogP contribution in [0.15, 0.2) is 23.6 Å². The number of nitrogens with one attached hydrogen (secondary N) is 1. The van der Waals surface area contributed by atoms with E-state index in [2.05, 4.69) is 63.5 Å². The molecule has 3 heteroatoms. The molecule has 0 aliphatic rings. The predicted molar refractivity (Wildman–Crippen MR) is 84.1 cm³/mol. The molecule has 0 saturated heterocycles. The van der Waals surface area contributed by atoms with E-state index in [0.29, 0.717) is 0 Å². The van der Waals surface area contributed by atoms with Crippen LogP contribution in [-0.2, 0) is 12.0 Å². The van der Waals surface area contributed by atoms with E-state index in [0.717, 1.165) is 11.6 Å². The minimum atomic E-state index is 0.133. The summed E-state index contributed by atoms with van der Waals surface area (Å²) in [4.78, 5) is 4.70. The number of hydrogen-bond acceptors (Lipinski definition) is 3. The molecule has 1 aromatic carbocycles. The van der Waals surface area contributed by atoms with Gasteiger partial charge >= 0.3 is 0 Å². The van der Waals surface area contributed by atoms with Gasteiger partial charge < -0.3 is 5.32 Å². The molecular weight excluding hydrogens is 252 g/mol. The van der Waals surface area contributed by atoms with Crippen molar-refractivity contribution >= 4 is 17.0 Å². The lowest BCUT2D eigenvalue weighted by Crippen LogP contribution is -2.12. The van der Waals surface area contributed by atoms with Gasteiger partial charge in [-0.3, -0.25) is 0 Å². The number of anilines is 1. The standard InChI is InChI=1S/C16H22N2S/c1-11-6-7-13(12(2)8-11)17-9-15-18-14(10-19-15)16(3,4)5/h6-8,10,17H,9H2,1-5H3. The van der Waals surface area contributed by atoms with Crippen LogP contribution in [0.2, 0.25) is 0 Å². The Balaban J connectivity index is 2.04. The zero-order valence-electron chi connectivity index (χ0n) is 12.4. The minimum absolute atomic E-state index is 0.133. The largest absolute Gasteiger partial charge is 0.378 e. The summed E-state index contributed by atoms with van der Waals surface area (Å²) in [6.45, 7) is 11.6. The van der Waals surface area contributed by atoms with Crippen molar-refractivity contribution < 1.29 is 0 Å². The number of thiazole rings is 1. The van der Waals surface area contributed by atoms with Gasteiger partial charge in [0, 0.05) is 16.5 Å². The number of aromatic nitrogens is 1. The highest BCUT2D eigenvalue weighted by molar-refractivity contribution is 7.09. The van der Waals surface area contributed by atoms with E-state index >= 15 is 0 Å². The molecular formula is C16H22N2S. The average Bonchev–Trinajstić information content (AvgIpc) is 2.76. The number of aryl methyl sites for hydroxylation is 2. The van der Waals surface area contributed by atoms with Gasteiger partial charge in [-0.25, -0.2) is 4.98 Å². The van der Waals surface area contributed by atoms with Crippen molar-refractivity contribution in [1.82, 2.24) is 4.98 Å². The van der Waals surface area contributed by atoms with Crippen LogP contribution in [0.1, 0.15) is 42.6 Å². The summed E-state index contributed by atoms with van der Waals surface area (Å²) in [5.74, 6) is 0. The first-order chi connectivity index (χ1) is 8.86. The van der Waals surface area contributed by atoms with Crippen molar-refractivity contribution in [3.05, 3.63) is 45.4 Å². The molecule has 0 unspecified atom stereocenters. The highest BCUT2D eigenvalue weighted by Crippen LogP contribution is 2.24. The molecule has 0 spiro atoms. The topological polar surface area (TPSA) is 24.9 Å². The van der Waals surface area contributed by atoms with Crippen LogP contribution >= 0.6 is 11.3 Å². The molecule has 0 amide bonds. The van der Waals surface area contributed by atoms with Gasteiger partial charge in [0.05, 0.1) is 12.2 Å². The van der Waals surface area contributed by atoms with E-state index in [1.807, 2.05) is 0 Å². The molecule has 0 aliphatic carbocycles. The Morgan fingerprint density at radius 2 is 1.95 bits per heavy atom. The molecule has 1 aromatic heterocycles. The molecule has 2 nitrogen and oxygen atoms in total. The third kappa shape index (κ3) is 3.57. The van der Waals surface area contributed by atoms with Crippen LogP contribution in [-0.4, -0.2) is 4.98 Å². The Bertz CT molecular complexity index is 564. The second-order valence-electron chi connectivity index (χ2n) is 6.05. The van der Waals surface area contributed by atoms with Gasteiger partial charge in [0.2, 0.25) is 0 Å². The molecule has 1 N–H and O–H groups in total. The number of hydrogen-bond donors (Lipinski definition) is 1. The maximum atomic E-state index is 4.70. The maximum absolute atomic E-state index is 4.70. The lowest BCUT2D eigenvalue weighted by Gasteiger charge is -2.14. The summed E-state index contributed by atoms with van der Waals surface area (Å²) in [5.41, 5.74) is 5.09. The lowest BCUT2D eigenvalue weighted by atomic mass is 9.93. The van der Waals surface area contributed by atoms with Crippen LogP contribution in [0.3, 0.4) is 0 Å². The first-order valence-corrected chi connectivity index (χ1v) is 7.50. The fourth-order valence-electron chi connectivity index (χ4n) is 1.92. The van der Waals surface area contributed by atoms with E-state index in [1.54, 1.807) is 11.3 Å². The fourth-order valence-corrected chi connectivity index (χ4v) is 2.88. The van der Waals surface area contributed by atoms with Crippen molar-refractivity contribution in [2.24, 2.45) is 0 Å². The predicted octanol–water partition coefficient (Wildman–Crippen LogP) is 4.67. The minimum Gasteiger partial charge on any atom is -0.378 e. The van der Waals surface area contributed by atoms with Gasteiger partial charge in [0.15, 0.2) is 0 Å². The third-order valence-corrected chi connectivity index (χ3v) is 3.98. The van der Waals surface area contributed by atoms with Crippen molar-refractivity contribution in [1.29, 1.82) is 0 Å². The van der Waals surface area contributed by atoms with Gasteiger partial charge in [-0.1, -0.05) is 38.5 Å². The van der Waals surface area contributed by atoms with Gasteiger partial charge in [-0.15, -0.1) is 11.3 Å². The van der Waals surface area contributed by atoms with Crippen molar-refractivity contribution in [3.63, 3.8) is 0 Å². The van der Waals surface area contributed by atoms with Crippen molar-refractivity contribution in [2.75, 3.05) is 5.32 Å². The normalized spacial score (nSPS) is 11.6. The van der Waals surface area contributed by atoms with Crippen LogP contribution in [0.4, 0.5) is 5.69 Å². The van der Waals surface area contributed by atoms with Crippen molar-refractivity contribution in [3.8, 4) is 0 Å². The van der Waals surface area contributed by atoms with Crippen LogP contribution < -0.4 is 5.32 Å². The summed E-state index contributed by atoms with van der Waals surface area (Å²) in [7, 11) is 0. The molecule has 0 bridgehead atoms. The number of benzene rings is 1. The molecule has 0 fully saturated rings. The molecule has 102 valence electrons. The van der Waals surface area contributed by atoms with Crippen LogP contribution in [0, 0.1) is 13.8 Å². The molecule has 0 saturated carbocycles. The van der Waals surface area contributed by atoms with E-state index < -0.39 is 0 Å². The molecule has 2 aromatic rings. The zero-order chi connectivity index (χ0) is 14.0. The maximum Gasteiger partial charge on any atom is 0.112 e. The average molecular weight is 274 g/mol. The highest BCUT2D eigenvalue weighted by Gasteiger charge is 2.17. The molecule has 19 heavy (non-hydrogen) atoms. The SMILES string of the molecule is Cc1ccc(NCc2nc(C(C)(C)C)cs2)c(C)c1. The first-order valence-electron chi connectivity index (χ1n) is 6.62. The second-order valence-corrected chi connectivity index (χ2v) is 6.99. The van der Waals surface area contributed by atoms with Gasteiger partial charge in [-0.05, 0) is 25.5 Å². The molecule has 0 radical (unpaired) electrons. The van der Waals surface area contributed by atoms with Crippen molar-refractivity contribution in [2.45, 2.75) is 46.6 Å². The van der Waals surface area contributed by atoms with E-state index in [1.165, 1.54) is 22.5 Å². The van der Waals surface area contributed by atoms with Crippen LogP contribution in [0.25, 0.3) is 0 Å². The summed E-state index contributed by atoms with van der Waals surface area (Å²) in [6, 6.07) is 6.48. The van der Waals surface area contributed by atoms with Gasteiger partial charge in [-0.2, -0.15) is 0 Å². The molecule has 0 aliphatic heterocycles. The Hall–Kier alpha value is -1.35. The quantitative estimate of drug-likeness (QED) is 0.879. The third-order valence-electron chi connectivity index (χ3n) is 3.13. The van der Waals surface area contributed by atoms with Crippen LogP contribution in [0.5, 0.6) is 0 Å². The Morgan fingerprint density at radius 3 is 2.53 bits per heavy atom. The van der Waals surface area contributed by atoms with Gasteiger partial charge in [0.25, 0.3) is 0 Å². The summed E-state index contributed by atoms with van der Waals surface area (Å²) < 4.78 is 0. The smallest absolute Gasteiger partial charge is 0.112 e. The van der Waals surface area contributed by atoms with Gasteiger partial charge in [0.1, 0.15) is 5.01 Å². The van der Waals surface area contributed by atoms with E-state index in [9.17, 15) is 0 Å². The Morgan fingerprint density at radius 1 is 1.21 bits per heavy atom. The second kappa shape index (κ2) is 5.33. The number of rotatable bonds is 3. The summed E-state index contributed by atoms with van der Waals surface area (Å²) in [6.07, 6.45) is 0. The van der Waals surface area contributed by atoms with E-state index in [-0.39, 0.29) is 5.41 Å². The molecule has 1 heterocycles.